The zero-order chi connectivity index (χ0) is 96.5. The molecule has 39 heteroatoms. The van der Waals surface area contributed by atoms with Crippen molar-refractivity contribution < 1.29 is 143 Å². The Labute approximate surface area is 716 Å². The highest BCUT2D eigenvalue weighted by Crippen LogP contribution is 2.95. The van der Waals surface area contributed by atoms with Crippen LogP contribution in [0.25, 0.3) is 0 Å². The van der Waals surface area contributed by atoms with E-state index in [2.05, 4.69) is 225 Å². The molecule has 6 rings (SSSR count). The first-order chi connectivity index (χ1) is 51.8. The molecule has 0 N–H and O–H groups in total. The van der Waals surface area contributed by atoms with E-state index in [0.717, 1.165) is 35.5 Å². The quantitative estimate of drug-likeness (QED) is 0.113. The Hall–Kier alpha value is -2.95. The monoisotopic (exact) mass is 2020 g/mol. The molecule has 0 radical (unpaired) electrons. The molecule has 0 aromatic heterocycles. The van der Waals surface area contributed by atoms with Gasteiger partial charge in [-0.1, -0.05) is 351 Å². The number of alkyl halides is 28. The van der Waals surface area contributed by atoms with Gasteiger partial charge in [-0.3, -0.25) is 9.13 Å². The van der Waals surface area contributed by atoms with Crippen LogP contribution in [0, 0.1) is 57.8 Å². The van der Waals surface area contributed by atoms with Crippen LogP contribution in [0.2, 0.25) is 0 Å². The maximum absolute atomic E-state index is 11.5. The van der Waals surface area contributed by atoms with E-state index in [0.29, 0.717) is 26.0 Å². The van der Waals surface area contributed by atoms with E-state index in [1.54, 1.807) is 0 Å². The predicted molar refractivity (Wildman–Crippen MR) is 450 cm³/mol. The summed E-state index contributed by atoms with van der Waals surface area (Å²) in [5, 5.41) is -4.60. The van der Waals surface area contributed by atoms with Crippen LogP contribution in [-0.4, -0.2) is 111 Å². The summed E-state index contributed by atoms with van der Waals surface area (Å²) in [4.78, 5) is 1.97. The molecule has 0 aliphatic heterocycles. The number of aryl methyl sites for hydroxylation is 5. The third kappa shape index (κ3) is 154. The van der Waals surface area contributed by atoms with E-state index >= 15 is 0 Å². The second-order valence-electron chi connectivity index (χ2n) is 25.4. The smallest absolute Gasteiger partial charge is 0.457 e. The number of hydrogen-bond acceptors (Lipinski definition) is 5. The molecule has 3 nitrogen and oxygen atoms in total. The lowest BCUT2D eigenvalue weighted by atomic mass is 9.91. The number of para-hydroxylation sites is 1. The number of rotatable bonds is 5. The van der Waals surface area contributed by atoms with E-state index in [1.807, 2.05) is 73.1 Å². The SMILES string of the molecule is C.CBr.CC.CC(C)(C)C.CC(F)(F)C(F)(F)F.CC(F)(F)F.CC1CCCC1.CC1CCCCC1.CCC.CCC(C)C.CCl.CF.CI.COC(F)(F)C(F)(F)F.COC(F)(F)F.CS(F)(F)(F)(F)F.CSC(F)(F)C(F)(F)F.CSC(F)(F)F.Cc1ccc(C)cc1.Cc1ccc(C)cc1.Cc1cccc(Oc2ccccc2)c1. The molecule has 4 aromatic rings. The van der Waals surface area contributed by atoms with Gasteiger partial charge in [0.2, 0.25) is 0 Å². The number of benzene rings is 4. The summed E-state index contributed by atoms with van der Waals surface area (Å²) >= 11 is 9.08. The number of methoxy groups -OCH3 is 2. The van der Waals surface area contributed by atoms with Crippen molar-refractivity contribution in [3.05, 3.63) is 131 Å². The van der Waals surface area contributed by atoms with Crippen molar-refractivity contribution in [2.24, 2.45) is 23.2 Å². The molecule has 0 heterocycles. The fourth-order valence-corrected chi connectivity index (χ4v) is 5.48. The molecule has 712 valence electrons. The van der Waals surface area contributed by atoms with Crippen molar-refractivity contribution >= 4 is 83.9 Å². The first-order valence-electron chi connectivity index (χ1n) is 34.7. The van der Waals surface area contributed by atoms with Gasteiger partial charge in [-0.15, -0.1) is 24.8 Å². The van der Waals surface area contributed by atoms with E-state index < -0.39 is 82.1 Å². The van der Waals surface area contributed by atoms with Crippen LogP contribution in [-0.2, 0) is 9.47 Å². The number of hydrogen-bond donors (Lipinski definition) is 0. The molecule has 0 saturated heterocycles. The minimum absolute atomic E-state index is 0. The van der Waals surface area contributed by atoms with Crippen molar-refractivity contribution in [2.75, 3.05) is 57.3 Å². The van der Waals surface area contributed by atoms with Crippen molar-refractivity contribution in [1.29, 1.82) is 0 Å². The standard InChI is InChI=1S/C13H12O.2C8H10.C7H14.C6H12.2C5H12.C3H3F5O.C3H3F5S.C3H3F5.C3H8.C2H3F3O.C2H3F3S.C2H3F3.C2H6.CH3Br.CH3Cl.CH3F5S.CH3F.CH3I.CH4/c1-11-6-5-9-13(10-11)14-12-7-3-2-4-8-12;2*1-7-3-5-8(2)6-4-7;1-7-5-3-2-4-6-7;1-6-4-2-3-5-6;1-5(2,3)4;1-4-5(2)3;2*1-9-3(7,8)2(4,5)6;1-2(4,5)3(6,7)8;1-3-2;2*1-6-2(3,4)5;1-2(3,4)5;3*1-2;1-7(2,3,4,5)6;2*1-2;/h2-10H,1H3;2*3-6H,1-2H3;7H,2-6H2,1H3;6H,2-5H2,1H3;1-4H3;5H,4H2,1-3H3;2*1H3;1H3;3H2,1-2H3;2*1H3;1H3;1-2H3;2*1H3;1H3;2*1H3;1H4. The highest BCUT2D eigenvalue weighted by Gasteiger charge is 2.59. The van der Waals surface area contributed by atoms with E-state index in [9.17, 15) is 129 Å². The summed E-state index contributed by atoms with van der Waals surface area (Å²) in [6.07, 6.45) is -11.8. The summed E-state index contributed by atoms with van der Waals surface area (Å²) in [5.41, 5.74) is 2.98. The summed E-state index contributed by atoms with van der Waals surface area (Å²) in [6, 6.07) is 34.8. The molecule has 2 saturated carbocycles. The number of thioether (sulfide) groups is 2. The summed E-state index contributed by atoms with van der Waals surface area (Å²) in [7, 11) is -7.60. The number of ether oxygens (including phenoxy) is 3. The fraction of sp³-hybridized carbons (Fsp3) is 0.692. The summed E-state index contributed by atoms with van der Waals surface area (Å²) in [6.45, 7) is 38.8. The highest BCUT2D eigenvalue weighted by molar-refractivity contribution is 14.1. The fourth-order valence-electron chi connectivity index (χ4n) is 5.25. The average molecular weight is 2030 g/mol. The molecule has 2 aliphatic rings. The van der Waals surface area contributed by atoms with Crippen molar-refractivity contribution in [3.8, 4) is 11.5 Å². The Bertz CT molecular complexity index is 2500. The first-order valence-corrected chi connectivity index (χ1v) is 44.0. The Morgan fingerprint density at radius 1 is 0.462 bits per heavy atom. The van der Waals surface area contributed by atoms with E-state index in [4.69, 9.17) is 4.74 Å². The maximum atomic E-state index is 11.5. The average Bonchev–Trinajstić information content (AvgIpc) is 1.59. The van der Waals surface area contributed by atoms with Gasteiger partial charge in [0.05, 0.1) is 13.4 Å². The van der Waals surface area contributed by atoms with Gasteiger partial charge in [-0.25, -0.2) is 0 Å². The molecule has 2 fully saturated rings. The topological polar surface area (TPSA) is 27.7 Å². The lowest BCUT2D eigenvalue weighted by molar-refractivity contribution is -0.383. The lowest BCUT2D eigenvalue weighted by Gasteiger charge is -2.35. The molecular weight excluding hydrogens is 1890 g/mol. The predicted octanol–water partition coefficient (Wildman–Crippen LogP) is 37.9. The van der Waals surface area contributed by atoms with E-state index in [-0.39, 0.29) is 40.1 Å². The number of halogens is 33. The maximum Gasteiger partial charge on any atom is 0.522 e. The van der Waals surface area contributed by atoms with Crippen LogP contribution in [0.15, 0.2) is 103 Å². The molecule has 0 bridgehead atoms. The van der Waals surface area contributed by atoms with Crippen molar-refractivity contribution in [1.82, 2.24) is 0 Å². The molecule has 0 atom stereocenters. The minimum Gasteiger partial charge on any atom is -0.457 e. The zero-order valence-corrected chi connectivity index (χ0v) is 78.7. The molecule has 2 aliphatic carbocycles. The van der Waals surface area contributed by atoms with Gasteiger partial charge < -0.3 is 9.47 Å². The third-order valence-electron chi connectivity index (χ3n) is 10.9. The van der Waals surface area contributed by atoms with Gasteiger partial charge in [0, 0.05) is 34.4 Å². The van der Waals surface area contributed by atoms with Crippen LogP contribution in [0.5, 0.6) is 11.5 Å². The Kier molecular flexibility index (Phi) is 98.8. The normalized spacial score (nSPS) is 12.8. The molecule has 4 aromatic carbocycles. The molecule has 117 heavy (non-hydrogen) atoms. The van der Waals surface area contributed by atoms with Crippen molar-refractivity contribution in [3.63, 3.8) is 0 Å². The van der Waals surface area contributed by atoms with Gasteiger partial charge in [-0.05, 0) is 111 Å². The van der Waals surface area contributed by atoms with Gasteiger partial charge in [0.1, 0.15) is 11.5 Å². The largest absolute Gasteiger partial charge is 0.522 e. The van der Waals surface area contributed by atoms with Crippen LogP contribution in [0.4, 0.5) is 129 Å². The minimum atomic E-state index is -8.97. The molecule has 0 spiro atoms. The Morgan fingerprint density at radius 3 is 0.803 bits per heavy atom. The van der Waals surface area contributed by atoms with Crippen LogP contribution in [0.3, 0.4) is 0 Å². The van der Waals surface area contributed by atoms with Gasteiger partial charge in [0.25, 0.3) is 10.2 Å². The van der Waals surface area contributed by atoms with Gasteiger partial charge in [-0.2, -0.15) is 92.2 Å². The second kappa shape index (κ2) is 77.8. The van der Waals surface area contributed by atoms with E-state index in [1.165, 1.54) is 105 Å². The van der Waals surface area contributed by atoms with Gasteiger partial charge in [0.15, 0.2) is 0 Å². The molecule has 0 unspecified atom stereocenters. The van der Waals surface area contributed by atoms with Crippen LogP contribution in [0.1, 0.15) is 210 Å². The molecule has 0 amide bonds. The second-order valence-corrected chi connectivity index (χ2v) is 29.9. The summed E-state index contributed by atoms with van der Waals surface area (Å²) in [5.74, 6) is 1.98. The van der Waals surface area contributed by atoms with Crippen molar-refractivity contribution in [2.45, 2.75) is 270 Å². The Morgan fingerprint density at radius 2 is 0.684 bits per heavy atom. The first kappa shape index (κ1) is 149. The van der Waals surface area contributed by atoms with Gasteiger partial charge >= 0.3 is 53.9 Å². The zero-order valence-electron chi connectivity index (χ0n) is 71.7. The highest BCUT2D eigenvalue weighted by atomic mass is 127. The third-order valence-corrected chi connectivity index (χ3v) is 12.1. The Balaban J connectivity index is -0.0000000734. The van der Waals surface area contributed by atoms with Crippen LogP contribution >= 0.6 is 83.9 Å². The van der Waals surface area contributed by atoms with Crippen LogP contribution < -0.4 is 4.74 Å². The summed E-state index contributed by atoms with van der Waals surface area (Å²) < 4.78 is 335. The lowest BCUT2D eigenvalue weighted by Crippen LogP contribution is -2.37. The molecular formula is C78H133BrClF30IO3S3.